The standard InChI is InChI=1S/C25H28N2O4/c1-4-17-27(20(3)28)24-11-8-12-25(26-24)30-19(2)18-29-21-13-15-23(16-14-21)31-22-9-6-5-7-10-22/h5-16,19H,4,17-18H2,1-3H3. The lowest BCUT2D eigenvalue weighted by Gasteiger charge is -2.21. The van der Waals surface area contributed by atoms with Crippen LogP contribution in [-0.2, 0) is 4.79 Å². The highest BCUT2D eigenvalue weighted by atomic mass is 16.5. The Labute approximate surface area is 183 Å². The Balaban J connectivity index is 1.52. The monoisotopic (exact) mass is 420 g/mol. The van der Waals surface area contributed by atoms with E-state index in [1.165, 1.54) is 6.92 Å². The molecule has 0 aliphatic rings. The molecule has 0 spiro atoms. The molecule has 1 heterocycles. The van der Waals surface area contributed by atoms with Gasteiger partial charge in [-0.25, -0.2) is 0 Å². The number of carbonyl (C=O) groups is 1. The molecular weight excluding hydrogens is 392 g/mol. The molecular formula is C25H28N2O4. The highest BCUT2D eigenvalue weighted by molar-refractivity contribution is 5.90. The molecule has 0 N–H and O–H groups in total. The van der Waals surface area contributed by atoms with Gasteiger partial charge < -0.3 is 14.2 Å². The summed E-state index contributed by atoms with van der Waals surface area (Å²) in [6.07, 6.45) is 0.631. The molecule has 6 heteroatoms. The number of amides is 1. The van der Waals surface area contributed by atoms with E-state index in [2.05, 4.69) is 4.98 Å². The molecule has 3 rings (SSSR count). The average Bonchev–Trinajstić information content (AvgIpc) is 2.77. The predicted octanol–water partition coefficient (Wildman–Crippen LogP) is 5.48. The maximum Gasteiger partial charge on any atom is 0.225 e. The van der Waals surface area contributed by atoms with Gasteiger partial charge >= 0.3 is 0 Å². The summed E-state index contributed by atoms with van der Waals surface area (Å²) in [4.78, 5) is 18.0. The van der Waals surface area contributed by atoms with E-state index in [1.54, 1.807) is 11.0 Å². The van der Waals surface area contributed by atoms with Crippen molar-refractivity contribution in [2.24, 2.45) is 0 Å². The van der Waals surface area contributed by atoms with Crippen molar-refractivity contribution in [3.63, 3.8) is 0 Å². The van der Waals surface area contributed by atoms with Crippen molar-refractivity contribution >= 4 is 11.7 Å². The van der Waals surface area contributed by atoms with Crippen molar-refractivity contribution in [2.45, 2.75) is 33.3 Å². The third-order valence-electron chi connectivity index (χ3n) is 4.42. The van der Waals surface area contributed by atoms with Crippen LogP contribution in [0.15, 0.2) is 72.8 Å². The summed E-state index contributed by atoms with van der Waals surface area (Å²) in [5, 5.41) is 0. The lowest BCUT2D eigenvalue weighted by Crippen LogP contribution is -2.30. The van der Waals surface area contributed by atoms with Crippen molar-refractivity contribution in [1.29, 1.82) is 0 Å². The van der Waals surface area contributed by atoms with Gasteiger partial charge in [-0.2, -0.15) is 4.98 Å². The van der Waals surface area contributed by atoms with Crippen molar-refractivity contribution in [2.75, 3.05) is 18.1 Å². The number of aromatic nitrogens is 1. The van der Waals surface area contributed by atoms with Crippen LogP contribution in [0.5, 0.6) is 23.1 Å². The number of anilines is 1. The Kier molecular flexibility index (Phi) is 7.87. The Morgan fingerprint density at radius 3 is 2.29 bits per heavy atom. The van der Waals surface area contributed by atoms with Crippen LogP contribution in [0.3, 0.4) is 0 Å². The first-order valence-electron chi connectivity index (χ1n) is 10.4. The number of para-hydroxylation sites is 1. The molecule has 0 saturated heterocycles. The summed E-state index contributed by atoms with van der Waals surface area (Å²) in [5.41, 5.74) is 0. The van der Waals surface area contributed by atoms with Gasteiger partial charge in [0.05, 0.1) is 0 Å². The van der Waals surface area contributed by atoms with Gasteiger partial charge in [0.15, 0.2) is 0 Å². The molecule has 6 nitrogen and oxygen atoms in total. The maximum atomic E-state index is 11.9. The maximum absolute atomic E-state index is 11.9. The average molecular weight is 421 g/mol. The van der Waals surface area contributed by atoms with Crippen molar-refractivity contribution in [3.8, 4) is 23.1 Å². The summed E-state index contributed by atoms with van der Waals surface area (Å²) in [6, 6.07) is 22.5. The molecule has 3 aromatic rings. The van der Waals surface area contributed by atoms with Crippen LogP contribution < -0.4 is 19.1 Å². The van der Waals surface area contributed by atoms with E-state index >= 15 is 0 Å². The first kappa shape index (κ1) is 22.2. The molecule has 0 aliphatic carbocycles. The van der Waals surface area contributed by atoms with Gasteiger partial charge in [-0.3, -0.25) is 9.69 Å². The van der Waals surface area contributed by atoms with Crippen LogP contribution in [0.25, 0.3) is 0 Å². The smallest absolute Gasteiger partial charge is 0.225 e. The van der Waals surface area contributed by atoms with Crippen LogP contribution in [-0.4, -0.2) is 30.1 Å². The number of ether oxygens (including phenoxy) is 3. The number of hydrogen-bond acceptors (Lipinski definition) is 5. The summed E-state index contributed by atoms with van der Waals surface area (Å²) in [6.45, 7) is 6.45. The topological polar surface area (TPSA) is 60.9 Å². The fourth-order valence-corrected chi connectivity index (χ4v) is 2.96. The van der Waals surface area contributed by atoms with Gasteiger partial charge in [0, 0.05) is 19.5 Å². The summed E-state index contributed by atoms with van der Waals surface area (Å²) < 4.78 is 17.5. The van der Waals surface area contributed by atoms with Gasteiger partial charge in [0.1, 0.15) is 35.8 Å². The van der Waals surface area contributed by atoms with E-state index in [-0.39, 0.29) is 12.0 Å². The van der Waals surface area contributed by atoms with Crippen molar-refractivity contribution < 1.29 is 19.0 Å². The predicted molar refractivity (Wildman–Crippen MR) is 121 cm³/mol. The summed E-state index contributed by atoms with van der Waals surface area (Å²) in [7, 11) is 0. The van der Waals surface area contributed by atoms with E-state index in [0.717, 1.165) is 23.7 Å². The Hall–Kier alpha value is -3.54. The molecule has 0 saturated carbocycles. The molecule has 162 valence electrons. The van der Waals surface area contributed by atoms with E-state index in [0.29, 0.717) is 24.8 Å². The second kappa shape index (κ2) is 11.0. The second-order valence-electron chi connectivity index (χ2n) is 7.13. The molecule has 0 aliphatic heterocycles. The van der Waals surface area contributed by atoms with E-state index in [1.807, 2.05) is 80.6 Å². The molecule has 1 aromatic heterocycles. The highest BCUT2D eigenvalue weighted by Crippen LogP contribution is 2.24. The third-order valence-corrected chi connectivity index (χ3v) is 4.42. The minimum absolute atomic E-state index is 0.0393. The Morgan fingerprint density at radius 1 is 0.935 bits per heavy atom. The fraction of sp³-hybridized carbons (Fsp3) is 0.280. The highest BCUT2D eigenvalue weighted by Gasteiger charge is 2.14. The van der Waals surface area contributed by atoms with Gasteiger partial charge in [-0.1, -0.05) is 31.2 Å². The fourth-order valence-electron chi connectivity index (χ4n) is 2.96. The molecule has 0 bridgehead atoms. The van der Waals surface area contributed by atoms with Gasteiger partial charge in [0.25, 0.3) is 0 Å². The van der Waals surface area contributed by atoms with Crippen LogP contribution in [0, 0.1) is 0 Å². The van der Waals surface area contributed by atoms with Crippen LogP contribution in [0.2, 0.25) is 0 Å². The zero-order valence-electron chi connectivity index (χ0n) is 18.2. The van der Waals surface area contributed by atoms with E-state index in [4.69, 9.17) is 14.2 Å². The summed E-state index contributed by atoms with van der Waals surface area (Å²) >= 11 is 0. The van der Waals surface area contributed by atoms with Crippen LogP contribution in [0.4, 0.5) is 5.82 Å². The van der Waals surface area contributed by atoms with Crippen molar-refractivity contribution in [1.82, 2.24) is 4.98 Å². The molecule has 0 fully saturated rings. The number of hydrogen-bond donors (Lipinski definition) is 0. The molecule has 0 radical (unpaired) electrons. The quantitative estimate of drug-likeness (QED) is 0.434. The number of nitrogens with zero attached hydrogens (tertiary/aromatic N) is 2. The molecule has 1 unspecified atom stereocenters. The molecule has 1 amide bonds. The van der Waals surface area contributed by atoms with Gasteiger partial charge in [0.2, 0.25) is 11.8 Å². The van der Waals surface area contributed by atoms with E-state index in [9.17, 15) is 4.79 Å². The first-order chi connectivity index (χ1) is 15.0. The van der Waals surface area contributed by atoms with E-state index < -0.39 is 0 Å². The minimum Gasteiger partial charge on any atom is -0.490 e. The second-order valence-corrected chi connectivity index (χ2v) is 7.13. The Bertz CT molecular complexity index is 961. The molecule has 2 aromatic carbocycles. The first-order valence-corrected chi connectivity index (χ1v) is 10.4. The zero-order chi connectivity index (χ0) is 22.1. The minimum atomic E-state index is -0.222. The Morgan fingerprint density at radius 2 is 1.61 bits per heavy atom. The number of pyridine rings is 1. The number of benzene rings is 2. The lowest BCUT2D eigenvalue weighted by atomic mass is 10.3. The van der Waals surface area contributed by atoms with Gasteiger partial charge in [-0.05, 0) is 55.8 Å². The lowest BCUT2D eigenvalue weighted by molar-refractivity contribution is -0.116. The van der Waals surface area contributed by atoms with Crippen LogP contribution in [0.1, 0.15) is 27.2 Å². The van der Waals surface area contributed by atoms with Crippen LogP contribution >= 0.6 is 0 Å². The summed E-state index contributed by atoms with van der Waals surface area (Å²) in [5.74, 6) is 3.27. The SMILES string of the molecule is CCCN(C(C)=O)c1cccc(OC(C)COc2ccc(Oc3ccccc3)cc2)n1. The zero-order valence-corrected chi connectivity index (χ0v) is 18.2. The molecule has 1 atom stereocenters. The van der Waals surface area contributed by atoms with Crippen molar-refractivity contribution in [3.05, 3.63) is 72.8 Å². The number of carbonyl (C=O) groups excluding carboxylic acids is 1. The number of rotatable bonds is 10. The largest absolute Gasteiger partial charge is 0.490 e. The molecule has 31 heavy (non-hydrogen) atoms. The normalized spacial score (nSPS) is 11.5. The third kappa shape index (κ3) is 6.74. The van der Waals surface area contributed by atoms with Gasteiger partial charge in [-0.15, -0.1) is 0 Å².